The van der Waals surface area contributed by atoms with Crippen molar-refractivity contribution in [3.63, 3.8) is 0 Å². The number of nitrogens with two attached hydrogens (primary N) is 1. The number of carboxylic acids is 1. The van der Waals surface area contributed by atoms with Crippen molar-refractivity contribution in [3.05, 3.63) is 47.4 Å². The second kappa shape index (κ2) is 4.93. The van der Waals surface area contributed by atoms with Crippen molar-refractivity contribution >= 4 is 11.7 Å². The molecule has 2 aromatic rings. The van der Waals surface area contributed by atoms with Gasteiger partial charge in [0.15, 0.2) is 0 Å². The lowest BCUT2D eigenvalue weighted by atomic mass is 10.2. The number of benzene rings is 1. The molecule has 0 bridgehead atoms. The number of aromatic carboxylic acids is 1. The van der Waals surface area contributed by atoms with E-state index in [1.165, 1.54) is 18.2 Å². The Hall–Kier alpha value is -2.63. The number of ether oxygens (including phenoxy) is 1. The fourth-order valence-electron chi connectivity index (χ4n) is 1.46. The number of carboxylic acid groups (broad SMARTS) is 1. The minimum atomic E-state index is -1.13. The maximum Gasteiger partial charge on any atom is 0.337 e. The first-order chi connectivity index (χ1) is 8.97. The van der Waals surface area contributed by atoms with Crippen LogP contribution in [0.4, 0.5) is 10.1 Å². The predicted octanol–water partition coefficient (Wildman–Crippen LogP) is 2.60. The van der Waals surface area contributed by atoms with Gasteiger partial charge < -0.3 is 15.6 Å². The summed E-state index contributed by atoms with van der Waals surface area (Å²) in [4.78, 5) is 14.6. The van der Waals surface area contributed by atoms with E-state index in [1.54, 1.807) is 13.0 Å². The van der Waals surface area contributed by atoms with E-state index in [2.05, 4.69) is 4.98 Å². The fraction of sp³-hybridized carbons (Fsp3) is 0.0769. The molecule has 0 aliphatic rings. The standard InChI is InChI=1S/C13H11FN2O3/c1-7-2-3-9(14)5-11(7)19-12-10(15)4-8(6-16-12)13(17)18/h2-6H,15H2,1H3,(H,17,18). The summed E-state index contributed by atoms with van der Waals surface area (Å²) in [5.41, 5.74) is 6.40. The van der Waals surface area contributed by atoms with Crippen LogP contribution in [0, 0.1) is 12.7 Å². The first-order valence-corrected chi connectivity index (χ1v) is 5.40. The molecule has 0 fully saturated rings. The van der Waals surface area contributed by atoms with Gasteiger partial charge in [-0.2, -0.15) is 0 Å². The van der Waals surface area contributed by atoms with Crippen molar-refractivity contribution in [1.29, 1.82) is 0 Å². The molecule has 0 aliphatic carbocycles. The van der Waals surface area contributed by atoms with Crippen LogP contribution in [0.5, 0.6) is 11.6 Å². The molecule has 19 heavy (non-hydrogen) atoms. The third-order valence-corrected chi connectivity index (χ3v) is 2.48. The highest BCUT2D eigenvalue weighted by atomic mass is 19.1. The summed E-state index contributed by atoms with van der Waals surface area (Å²) in [6, 6.07) is 5.32. The number of hydrogen-bond acceptors (Lipinski definition) is 4. The molecule has 0 atom stereocenters. The predicted molar refractivity (Wildman–Crippen MR) is 66.8 cm³/mol. The number of hydrogen-bond donors (Lipinski definition) is 2. The molecule has 98 valence electrons. The van der Waals surface area contributed by atoms with Crippen LogP contribution in [-0.2, 0) is 0 Å². The quantitative estimate of drug-likeness (QED) is 0.888. The summed E-state index contributed by atoms with van der Waals surface area (Å²) in [5.74, 6) is -1.25. The van der Waals surface area contributed by atoms with Crippen LogP contribution in [0.1, 0.15) is 15.9 Å². The average Bonchev–Trinajstić information content (AvgIpc) is 2.36. The molecule has 1 heterocycles. The number of halogens is 1. The fourth-order valence-corrected chi connectivity index (χ4v) is 1.46. The van der Waals surface area contributed by atoms with Gasteiger partial charge in [0.1, 0.15) is 11.6 Å². The van der Waals surface area contributed by atoms with Crippen LogP contribution < -0.4 is 10.5 Å². The van der Waals surface area contributed by atoms with Crippen molar-refractivity contribution in [2.45, 2.75) is 6.92 Å². The van der Waals surface area contributed by atoms with Crippen LogP contribution >= 0.6 is 0 Å². The molecule has 0 amide bonds. The molecule has 0 unspecified atom stereocenters. The van der Waals surface area contributed by atoms with E-state index >= 15 is 0 Å². The van der Waals surface area contributed by atoms with Crippen LogP contribution in [0.25, 0.3) is 0 Å². The Morgan fingerprint density at radius 2 is 2.16 bits per heavy atom. The first-order valence-electron chi connectivity index (χ1n) is 5.40. The van der Waals surface area contributed by atoms with Gasteiger partial charge in [0.2, 0.25) is 5.88 Å². The summed E-state index contributed by atoms with van der Waals surface area (Å²) in [6.45, 7) is 1.75. The van der Waals surface area contributed by atoms with Gasteiger partial charge >= 0.3 is 5.97 Å². The van der Waals surface area contributed by atoms with Gasteiger partial charge in [0.25, 0.3) is 0 Å². The Kier molecular flexibility index (Phi) is 3.33. The van der Waals surface area contributed by atoms with Crippen molar-refractivity contribution in [2.75, 3.05) is 5.73 Å². The number of anilines is 1. The number of pyridine rings is 1. The third-order valence-electron chi connectivity index (χ3n) is 2.48. The van der Waals surface area contributed by atoms with E-state index in [0.29, 0.717) is 5.56 Å². The topological polar surface area (TPSA) is 85.4 Å². The van der Waals surface area contributed by atoms with Crippen molar-refractivity contribution in [2.24, 2.45) is 0 Å². The second-order valence-electron chi connectivity index (χ2n) is 3.94. The molecular weight excluding hydrogens is 251 g/mol. The van der Waals surface area contributed by atoms with Crippen LogP contribution in [0.15, 0.2) is 30.5 Å². The lowest BCUT2D eigenvalue weighted by Gasteiger charge is -2.10. The second-order valence-corrected chi connectivity index (χ2v) is 3.94. The van der Waals surface area contributed by atoms with E-state index in [1.807, 2.05) is 0 Å². The molecule has 5 nitrogen and oxygen atoms in total. The Labute approximate surface area is 108 Å². The van der Waals surface area contributed by atoms with E-state index in [4.69, 9.17) is 15.6 Å². The first kappa shape index (κ1) is 12.8. The van der Waals surface area contributed by atoms with Gasteiger partial charge in [-0.15, -0.1) is 0 Å². The molecule has 6 heteroatoms. The molecule has 0 aliphatic heterocycles. The number of carbonyl (C=O) groups is 1. The maximum atomic E-state index is 13.1. The Morgan fingerprint density at radius 3 is 2.79 bits per heavy atom. The van der Waals surface area contributed by atoms with Crippen LogP contribution in [0.3, 0.4) is 0 Å². The van der Waals surface area contributed by atoms with Crippen molar-refractivity contribution < 1.29 is 19.0 Å². The summed E-state index contributed by atoms with van der Waals surface area (Å²) in [6.07, 6.45) is 1.13. The molecular formula is C13H11FN2O3. The Bertz CT molecular complexity index is 644. The van der Waals surface area contributed by atoms with Gasteiger partial charge in [-0.3, -0.25) is 0 Å². The number of aromatic nitrogens is 1. The van der Waals surface area contributed by atoms with E-state index in [9.17, 15) is 9.18 Å². The summed E-state index contributed by atoms with van der Waals surface area (Å²) >= 11 is 0. The maximum absolute atomic E-state index is 13.1. The van der Waals surface area contributed by atoms with Gasteiger partial charge in [-0.1, -0.05) is 6.07 Å². The zero-order valence-electron chi connectivity index (χ0n) is 10.1. The molecule has 2 rings (SSSR count). The van der Waals surface area contributed by atoms with Crippen LogP contribution in [-0.4, -0.2) is 16.1 Å². The minimum absolute atomic E-state index is 0.0405. The molecule has 1 aromatic carbocycles. The summed E-state index contributed by atoms with van der Waals surface area (Å²) in [5, 5.41) is 8.78. The largest absolute Gasteiger partial charge is 0.478 e. The smallest absolute Gasteiger partial charge is 0.337 e. The number of nitrogens with zero attached hydrogens (tertiary/aromatic N) is 1. The number of nitrogen functional groups attached to an aromatic ring is 1. The Balaban J connectivity index is 2.33. The zero-order valence-corrected chi connectivity index (χ0v) is 10.1. The SMILES string of the molecule is Cc1ccc(F)cc1Oc1ncc(C(=O)O)cc1N. The van der Waals surface area contributed by atoms with E-state index in [-0.39, 0.29) is 22.9 Å². The zero-order chi connectivity index (χ0) is 14.0. The van der Waals surface area contributed by atoms with Gasteiger partial charge in [0.05, 0.1) is 11.3 Å². The summed E-state index contributed by atoms with van der Waals surface area (Å²) in [7, 11) is 0. The summed E-state index contributed by atoms with van der Waals surface area (Å²) < 4.78 is 18.5. The highest BCUT2D eigenvalue weighted by molar-refractivity contribution is 5.88. The van der Waals surface area contributed by atoms with Gasteiger partial charge in [-0.25, -0.2) is 14.2 Å². The van der Waals surface area contributed by atoms with E-state index < -0.39 is 11.8 Å². The monoisotopic (exact) mass is 262 g/mol. The third kappa shape index (κ3) is 2.79. The van der Waals surface area contributed by atoms with Gasteiger partial charge in [-0.05, 0) is 24.6 Å². The highest BCUT2D eigenvalue weighted by Crippen LogP contribution is 2.28. The molecule has 0 spiro atoms. The molecule has 1 aromatic heterocycles. The normalized spacial score (nSPS) is 10.2. The molecule has 0 radical (unpaired) electrons. The van der Waals surface area contributed by atoms with Gasteiger partial charge in [0, 0.05) is 12.3 Å². The average molecular weight is 262 g/mol. The number of aryl methyl sites for hydroxylation is 1. The lowest BCUT2D eigenvalue weighted by Crippen LogP contribution is -2.02. The highest BCUT2D eigenvalue weighted by Gasteiger charge is 2.11. The molecule has 3 N–H and O–H groups in total. The van der Waals surface area contributed by atoms with Crippen LogP contribution in [0.2, 0.25) is 0 Å². The van der Waals surface area contributed by atoms with Crippen molar-refractivity contribution in [1.82, 2.24) is 4.98 Å². The molecule has 0 saturated heterocycles. The van der Waals surface area contributed by atoms with Crippen molar-refractivity contribution in [3.8, 4) is 11.6 Å². The van der Waals surface area contributed by atoms with E-state index in [0.717, 1.165) is 6.20 Å². The molecule has 0 saturated carbocycles. The Morgan fingerprint density at radius 1 is 1.42 bits per heavy atom. The number of rotatable bonds is 3. The minimum Gasteiger partial charge on any atom is -0.478 e. The lowest BCUT2D eigenvalue weighted by molar-refractivity contribution is 0.0696.